The number of esters is 1. The number of aldehydes is 1. The predicted octanol–water partition coefficient (Wildman–Crippen LogP) is 5.83. The largest absolute Gasteiger partial charge is 0.465 e. The van der Waals surface area contributed by atoms with Gasteiger partial charge in [-0.2, -0.15) is 5.10 Å². The van der Waals surface area contributed by atoms with Crippen molar-refractivity contribution in [2.75, 3.05) is 20.2 Å². The van der Waals surface area contributed by atoms with Gasteiger partial charge in [0.15, 0.2) is 0 Å². The third-order valence-corrected chi connectivity index (χ3v) is 7.19. The molecule has 0 radical (unpaired) electrons. The lowest BCUT2D eigenvalue weighted by Crippen LogP contribution is -2.26. The molecule has 7 heteroatoms. The SMILES string of the molecule is COC(=O)c1ccc(C2CCNCC2)cc1.O=Cc1ccc2c(ccn2Cc2ccc(-c3ccn[nH]3)cc2)c1. The molecule has 2 N–H and O–H groups in total. The molecule has 2 aromatic heterocycles. The number of ether oxygens (including phenoxy) is 1. The van der Waals surface area contributed by atoms with Crippen LogP contribution < -0.4 is 5.32 Å². The van der Waals surface area contributed by atoms with Crippen LogP contribution in [0.1, 0.15) is 50.6 Å². The Morgan fingerprint density at radius 2 is 1.77 bits per heavy atom. The maximum Gasteiger partial charge on any atom is 0.337 e. The fourth-order valence-corrected chi connectivity index (χ4v) is 5.00. The quantitative estimate of drug-likeness (QED) is 0.217. The Balaban J connectivity index is 0.000000169. The summed E-state index contributed by atoms with van der Waals surface area (Å²) in [5.41, 5.74) is 7.16. The zero-order chi connectivity index (χ0) is 27.0. The molecule has 0 atom stereocenters. The highest BCUT2D eigenvalue weighted by Crippen LogP contribution is 2.25. The van der Waals surface area contributed by atoms with Gasteiger partial charge in [-0.1, -0.05) is 36.4 Å². The Morgan fingerprint density at radius 1 is 1.00 bits per heavy atom. The first-order valence-corrected chi connectivity index (χ1v) is 13.2. The van der Waals surface area contributed by atoms with E-state index >= 15 is 0 Å². The number of carbonyl (C=O) groups excluding carboxylic acids is 2. The molecule has 0 unspecified atom stereocenters. The second-order valence-electron chi connectivity index (χ2n) is 9.68. The molecule has 39 heavy (non-hydrogen) atoms. The van der Waals surface area contributed by atoms with Crippen LogP contribution in [-0.4, -0.2) is 47.2 Å². The van der Waals surface area contributed by atoms with Gasteiger partial charge >= 0.3 is 5.97 Å². The Labute approximate surface area is 227 Å². The molecule has 0 aliphatic carbocycles. The van der Waals surface area contributed by atoms with E-state index in [1.807, 2.05) is 54.6 Å². The fourth-order valence-electron chi connectivity index (χ4n) is 5.00. The van der Waals surface area contributed by atoms with Crippen LogP contribution in [0, 0.1) is 0 Å². The van der Waals surface area contributed by atoms with E-state index in [1.165, 1.54) is 31.1 Å². The first-order chi connectivity index (χ1) is 19.1. The summed E-state index contributed by atoms with van der Waals surface area (Å²) in [6.07, 6.45) is 7.05. The molecule has 1 aliphatic rings. The minimum Gasteiger partial charge on any atom is -0.465 e. The number of fused-ring (bicyclic) bond motifs is 1. The molecule has 0 saturated carbocycles. The van der Waals surface area contributed by atoms with Crippen LogP contribution in [0.25, 0.3) is 22.2 Å². The van der Waals surface area contributed by atoms with Gasteiger partial charge in [0.2, 0.25) is 0 Å². The number of benzene rings is 3. The third-order valence-electron chi connectivity index (χ3n) is 7.19. The first kappa shape index (κ1) is 26.1. The fraction of sp³-hybridized carbons (Fsp3) is 0.219. The number of piperidine rings is 1. The van der Waals surface area contributed by atoms with Gasteiger partial charge < -0.3 is 14.6 Å². The number of hydrogen-bond acceptors (Lipinski definition) is 5. The average Bonchev–Trinajstić information content (AvgIpc) is 3.69. The number of nitrogens with zero attached hydrogens (tertiary/aromatic N) is 2. The third kappa shape index (κ3) is 6.33. The van der Waals surface area contributed by atoms with E-state index in [-0.39, 0.29) is 5.97 Å². The first-order valence-electron chi connectivity index (χ1n) is 13.2. The summed E-state index contributed by atoms with van der Waals surface area (Å²) in [5.74, 6) is 0.366. The lowest BCUT2D eigenvalue weighted by molar-refractivity contribution is 0.0600. The number of aromatic nitrogens is 3. The van der Waals surface area contributed by atoms with Crippen LogP contribution in [0.15, 0.2) is 91.3 Å². The number of nitrogens with one attached hydrogen (secondary N) is 2. The van der Waals surface area contributed by atoms with Crippen molar-refractivity contribution in [1.82, 2.24) is 20.1 Å². The van der Waals surface area contributed by atoms with Crippen LogP contribution in [-0.2, 0) is 11.3 Å². The number of H-pyrrole nitrogens is 1. The molecule has 6 rings (SSSR count). The molecule has 198 valence electrons. The second-order valence-corrected chi connectivity index (χ2v) is 9.68. The Morgan fingerprint density at radius 3 is 2.44 bits per heavy atom. The summed E-state index contributed by atoms with van der Waals surface area (Å²) < 4.78 is 6.86. The van der Waals surface area contributed by atoms with Gasteiger partial charge in [0.1, 0.15) is 6.29 Å². The molecular formula is C32H32N4O3. The van der Waals surface area contributed by atoms with Crippen molar-refractivity contribution in [3.05, 3.63) is 114 Å². The molecule has 1 fully saturated rings. The Kier molecular flexibility index (Phi) is 8.29. The number of aromatic amines is 1. The van der Waals surface area contributed by atoms with Crippen LogP contribution in [0.5, 0.6) is 0 Å². The summed E-state index contributed by atoms with van der Waals surface area (Å²) >= 11 is 0. The van der Waals surface area contributed by atoms with E-state index in [4.69, 9.17) is 0 Å². The topological polar surface area (TPSA) is 89.0 Å². The van der Waals surface area contributed by atoms with E-state index in [1.54, 1.807) is 6.20 Å². The molecule has 1 aliphatic heterocycles. The highest BCUT2D eigenvalue weighted by Gasteiger charge is 2.15. The molecule has 1 saturated heterocycles. The lowest BCUT2D eigenvalue weighted by Gasteiger charge is -2.22. The monoisotopic (exact) mass is 520 g/mol. The van der Waals surface area contributed by atoms with Crippen LogP contribution in [0.4, 0.5) is 0 Å². The average molecular weight is 521 g/mol. The number of rotatable bonds is 6. The van der Waals surface area contributed by atoms with Crippen molar-refractivity contribution < 1.29 is 14.3 Å². The molecule has 7 nitrogen and oxygen atoms in total. The molecule has 3 heterocycles. The van der Waals surface area contributed by atoms with Crippen LogP contribution in [0.3, 0.4) is 0 Å². The van der Waals surface area contributed by atoms with Gasteiger partial charge in [-0.25, -0.2) is 4.79 Å². The summed E-state index contributed by atoms with van der Waals surface area (Å²) in [4.78, 5) is 22.1. The highest BCUT2D eigenvalue weighted by atomic mass is 16.5. The van der Waals surface area contributed by atoms with Crippen molar-refractivity contribution in [2.24, 2.45) is 0 Å². The zero-order valence-corrected chi connectivity index (χ0v) is 22.0. The van der Waals surface area contributed by atoms with Crippen molar-refractivity contribution in [3.63, 3.8) is 0 Å². The predicted molar refractivity (Wildman–Crippen MR) is 153 cm³/mol. The molecule has 5 aromatic rings. The van der Waals surface area contributed by atoms with Gasteiger partial charge in [0.05, 0.1) is 18.4 Å². The van der Waals surface area contributed by atoms with Gasteiger partial charge in [0.25, 0.3) is 0 Å². The van der Waals surface area contributed by atoms with Crippen molar-refractivity contribution >= 4 is 23.2 Å². The van der Waals surface area contributed by atoms with E-state index in [0.29, 0.717) is 17.0 Å². The van der Waals surface area contributed by atoms with E-state index < -0.39 is 0 Å². The maximum absolute atomic E-state index is 11.3. The Hall–Kier alpha value is -4.49. The standard InChI is InChI=1S/C19H15N3O.C13H17NO2/c23-13-15-3-6-19-17(11-15)8-10-22(19)12-14-1-4-16(5-2-14)18-7-9-20-21-18;1-16-13(15)12-4-2-10(3-5-12)11-6-8-14-9-7-11/h1-11,13H,12H2,(H,20,21);2-5,11,14H,6-9H2,1H3. The van der Waals surface area contributed by atoms with Crippen molar-refractivity contribution in [1.29, 1.82) is 0 Å². The normalized spacial score (nSPS) is 13.5. The zero-order valence-electron chi connectivity index (χ0n) is 22.0. The Bertz CT molecular complexity index is 1510. The van der Waals surface area contributed by atoms with Crippen molar-refractivity contribution in [2.45, 2.75) is 25.3 Å². The van der Waals surface area contributed by atoms with E-state index in [0.717, 1.165) is 48.1 Å². The molecular weight excluding hydrogens is 488 g/mol. The smallest absolute Gasteiger partial charge is 0.337 e. The number of carbonyl (C=O) groups is 2. The van der Waals surface area contributed by atoms with Crippen LogP contribution >= 0.6 is 0 Å². The molecule has 0 amide bonds. The summed E-state index contributed by atoms with van der Waals surface area (Å²) in [6.45, 7) is 2.97. The number of hydrogen-bond donors (Lipinski definition) is 2. The van der Waals surface area contributed by atoms with Gasteiger partial charge in [-0.3, -0.25) is 9.89 Å². The lowest BCUT2D eigenvalue weighted by atomic mass is 9.90. The molecule has 0 bridgehead atoms. The molecule has 3 aromatic carbocycles. The molecule has 0 spiro atoms. The second kappa shape index (κ2) is 12.4. The van der Waals surface area contributed by atoms with Gasteiger partial charge in [-0.15, -0.1) is 0 Å². The minimum atomic E-state index is -0.267. The van der Waals surface area contributed by atoms with E-state index in [2.05, 4.69) is 55.3 Å². The van der Waals surface area contributed by atoms with Crippen molar-refractivity contribution in [3.8, 4) is 11.3 Å². The van der Waals surface area contributed by atoms with Crippen LogP contribution in [0.2, 0.25) is 0 Å². The van der Waals surface area contributed by atoms with E-state index in [9.17, 15) is 9.59 Å². The van der Waals surface area contributed by atoms with Gasteiger partial charge in [0, 0.05) is 35.4 Å². The van der Waals surface area contributed by atoms with Gasteiger partial charge in [-0.05, 0) is 91.0 Å². The summed E-state index contributed by atoms with van der Waals surface area (Å²) in [6, 6.07) is 26.0. The number of methoxy groups -OCH3 is 1. The summed E-state index contributed by atoms with van der Waals surface area (Å²) in [5, 5.41) is 11.4. The minimum absolute atomic E-state index is 0.267. The highest BCUT2D eigenvalue weighted by molar-refractivity contribution is 5.89. The summed E-state index contributed by atoms with van der Waals surface area (Å²) in [7, 11) is 1.41. The maximum atomic E-state index is 11.3.